The molecular formula is C23H30ClNO3. The van der Waals surface area contributed by atoms with Crippen molar-refractivity contribution in [1.82, 2.24) is 4.57 Å². The van der Waals surface area contributed by atoms with Gasteiger partial charge in [-0.15, -0.1) is 0 Å². The fourth-order valence-electron chi connectivity index (χ4n) is 5.02. The lowest BCUT2D eigenvalue weighted by molar-refractivity contribution is -0.0204. The van der Waals surface area contributed by atoms with E-state index in [1.54, 1.807) is 0 Å². The maximum atomic E-state index is 13.1. The third-order valence-corrected chi connectivity index (χ3v) is 6.78. The quantitative estimate of drug-likeness (QED) is 0.659. The summed E-state index contributed by atoms with van der Waals surface area (Å²) in [5.41, 5.74) is 0.954. The van der Waals surface area contributed by atoms with Gasteiger partial charge in [-0.1, -0.05) is 37.4 Å². The molecule has 2 heterocycles. The van der Waals surface area contributed by atoms with Crippen molar-refractivity contribution in [2.24, 2.45) is 5.92 Å². The molecule has 1 aromatic heterocycles. The van der Waals surface area contributed by atoms with E-state index in [0.29, 0.717) is 29.3 Å². The molecule has 4 nitrogen and oxygen atoms in total. The summed E-state index contributed by atoms with van der Waals surface area (Å²) < 4.78 is 7.90. The number of rotatable bonds is 6. The lowest BCUT2D eigenvalue weighted by Crippen LogP contribution is -2.35. The second-order valence-corrected chi connectivity index (χ2v) is 9.22. The van der Waals surface area contributed by atoms with Crippen LogP contribution >= 0.6 is 11.6 Å². The molecule has 1 N–H and O–H groups in total. The van der Waals surface area contributed by atoms with Crippen LogP contribution < -0.4 is 0 Å². The Morgan fingerprint density at radius 2 is 2.21 bits per heavy atom. The van der Waals surface area contributed by atoms with Gasteiger partial charge in [0.1, 0.15) is 0 Å². The topological polar surface area (TPSA) is 51.5 Å². The van der Waals surface area contributed by atoms with Crippen LogP contribution in [0.1, 0.15) is 68.6 Å². The van der Waals surface area contributed by atoms with E-state index >= 15 is 0 Å². The minimum Gasteiger partial charge on any atom is -0.390 e. The zero-order valence-corrected chi connectivity index (χ0v) is 17.4. The number of halogens is 1. The van der Waals surface area contributed by atoms with E-state index < -0.39 is 5.60 Å². The normalized spacial score (nSPS) is 28.1. The van der Waals surface area contributed by atoms with Gasteiger partial charge in [0.2, 0.25) is 0 Å². The van der Waals surface area contributed by atoms with Crippen molar-refractivity contribution >= 4 is 28.3 Å². The molecule has 1 aliphatic heterocycles. The van der Waals surface area contributed by atoms with Gasteiger partial charge in [0.25, 0.3) is 0 Å². The van der Waals surface area contributed by atoms with Gasteiger partial charge in [0.05, 0.1) is 22.2 Å². The van der Waals surface area contributed by atoms with Gasteiger partial charge in [-0.3, -0.25) is 4.79 Å². The molecule has 0 radical (unpaired) electrons. The first-order valence-corrected chi connectivity index (χ1v) is 11.0. The summed E-state index contributed by atoms with van der Waals surface area (Å²) in [6, 6.07) is 5.79. The molecule has 1 saturated heterocycles. The van der Waals surface area contributed by atoms with Crippen LogP contribution in [0.15, 0.2) is 24.4 Å². The molecule has 2 aromatic rings. The number of benzene rings is 1. The van der Waals surface area contributed by atoms with Crippen molar-refractivity contribution in [2.45, 2.75) is 76.5 Å². The van der Waals surface area contributed by atoms with Gasteiger partial charge >= 0.3 is 0 Å². The molecule has 1 aliphatic carbocycles. The zero-order chi connectivity index (χ0) is 19.7. The van der Waals surface area contributed by atoms with Gasteiger partial charge in [-0.25, -0.2) is 0 Å². The van der Waals surface area contributed by atoms with Crippen LogP contribution in [-0.2, 0) is 11.3 Å². The molecule has 2 aliphatic rings. The van der Waals surface area contributed by atoms with Crippen LogP contribution in [0.2, 0.25) is 5.02 Å². The predicted molar refractivity (Wildman–Crippen MR) is 112 cm³/mol. The Hall–Kier alpha value is -1.36. The number of hydrogen-bond acceptors (Lipinski definition) is 3. The van der Waals surface area contributed by atoms with E-state index in [1.807, 2.05) is 24.4 Å². The largest absolute Gasteiger partial charge is 0.390 e. The van der Waals surface area contributed by atoms with Gasteiger partial charge in [0.15, 0.2) is 5.78 Å². The van der Waals surface area contributed by atoms with Crippen molar-refractivity contribution in [3.8, 4) is 0 Å². The second-order valence-electron chi connectivity index (χ2n) is 8.81. The van der Waals surface area contributed by atoms with Gasteiger partial charge in [-0.2, -0.15) is 0 Å². The van der Waals surface area contributed by atoms with Gasteiger partial charge < -0.3 is 14.4 Å². The molecular weight excluding hydrogens is 374 g/mol. The number of aromatic nitrogens is 1. The van der Waals surface area contributed by atoms with E-state index in [2.05, 4.69) is 11.5 Å². The van der Waals surface area contributed by atoms with E-state index in [4.69, 9.17) is 16.3 Å². The maximum Gasteiger partial charge on any atom is 0.165 e. The number of ketones is 1. The first kappa shape index (κ1) is 19.9. The van der Waals surface area contributed by atoms with Crippen LogP contribution in [0, 0.1) is 5.92 Å². The Morgan fingerprint density at radius 1 is 1.36 bits per heavy atom. The molecule has 28 heavy (non-hydrogen) atoms. The number of aliphatic hydroxyl groups is 1. The Morgan fingerprint density at radius 3 is 2.96 bits per heavy atom. The molecule has 1 unspecified atom stereocenters. The molecule has 3 atom stereocenters. The van der Waals surface area contributed by atoms with E-state index in [-0.39, 0.29) is 11.9 Å². The maximum absolute atomic E-state index is 13.1. The van der Waals surface area contributed by atoms with Crippen LogP contribution in [-0.4, -0.2) is 33.8 Å². The molecule has 2 fully saturated rings. The highest BCUT2D eigenvalue weighted by atomic mass is 35.5. The average molecular weight is 404 g/mol. The molecule has 4 rings (SSSR count). The van der Waals surface area contributed by atoms with Crippen molar-refractivity contribution < 1.29 is 14.6 Å². The third kappa shape index (κ3) is 4.14. The van der Waals surface area contributed by atoms with E-state index in [1.165, 1.54) is 6.42 Å². The van der Waals surface area contributed by atoms with Gasteiger partial charge in [-0.05, 0) is 50.2 Å². The number of carbonyl (C=O) groups is 1. The molecule has 1 saturated carbocycles. The second kappa shape index (κ2) is 8.17. The van der Waals surface area contributed by atoms with Crippen molar-refractivity contribution in [3.05, 3.63) is 35.0 Å². The van der Waals surface area contributed by atoms with Crippen molar-refractivity contribution in [3.63, 3.8) is 0 Å². The van der Waals surface area contributed by atoms with Crippen LogP contribution in [0.3, 0.4) is 0 Å². The molecule has 0 spiro atoms. The first-order valence-electron chi connectivity index (χ1n) is 10.6. The molecule has 1 aromatic carbocycles. The number of ether oxygens (including phenoxy) is 1. The fraction of sp³-hybridized carbons (Fsp3) is 0.609. The number of nitrogens with zero attached hydrogens (tertiary/aromatic N) is 1. The summed E-state index contributed by atoms with van der Waals surface area (Å²) in [5, 5.41) is 12.3. The smallest absolute Gasteiger partial charge is 0.165 e. The van der Waals surface area contributed by atoms with E-state index in [0.717, 1.165) is 56.2 Å². The minimum absolute atomic E-state index is 0.0656. The minimum atomic E-state index is -0.701. The summed E-state index contributed by atoms with van der Waals surface area (Å²) in [4.78, 5) is 13.1. The third-order valence-electron chi connectivity index (χ3n) is 6.46. The Labute approximate surface area is 171 Å². The lowest BCUT2D eigenvalue weighted by Gasteiger charge is -2.35. The summed E-state index contributed by atoms with van der Waals surface area (Å²) in [7, 11) is 0. The Kier molecular flexibility index (Phi) is 5.82. The van der Waals surface area contributed by atoms with Crippen molar-refractivity contribution in [2.75, 3.05) is 6.61 Å². The van der Waals surface area contributed by atoms with Crippen LogP contribution in [0.4, 0.5) is 0 Å². The molecule has 5 heteroatoms. The van der Waals surface area contributed by atoms with Crippen LogP contribution in [0.25, 0.3) is 10.9 Å². The van der Waals surface area contributed by atoms with E-state index in [9.17, 15) is 9.90 Å². The average Bonchev–Trinajstić information content (AvgIpc) is 3.29. The van der Waals surface area contributed by atoms with Gasteiger partial charge in [0, 0.05) is 36.7 Å². The number of carbonyl (C=O) groups excluding carboxylic acids is 1. The van der Waals surface area contributed by atoms with Crippen molar-refractivity contribution in [1.29, 1.82) is 0 Å². The SMILES string of the molecule is C[C@@H]1CCC[C@](O)(CCC(=O)c2cn(CC3CCCO3)c3cccc(Cl)c23)C1. The number of hydrogen-bond donors (Lipinski definition) is 1. The Balaban J connectivity index is 1.56. The fourth-order valence-corrected chi connectivity index (χ4v) is 5.29. The lowest BCUT2D eigenvalue weighted by atomic mass is 9.76. The van der Waals surface area contributed by atoms with Crippen LogP contribution in [0.5, 0.6) is 0 Å². The summed E-state index contributed by atoms with van der Waals surface area (Å²) in [6.45, 7) is 3.74. The number of Topliss-reactive ketones (excluding diaryl/α,β-unsaturated/α-hetero) is 1. The highest BCUT2D eigenvalue weighted by Gasteiger charge is 2.33. The number of fused-ring (bicyclic) bond motifs is 1. The predicted octanol–water partition coefficient (Wildman–Crippen LogP) is 5.38. The highest BCUT2D eigenvalue weighted by Crippen LogP contribution is 2.36. The Bertz CT molecular complexity index is 855. The summed E-state index contributed by atoms with van der Waals surface area (Å²) in [5.74, 6) is 0.590. The molecule has 0 amide bonds. The standard InChI is InChI=1S/C23H30ClNO3/c1-16-5-3-10-23(27,13-16)11-9-21(26)18-15-25(14-17-6-4-12-28-17)20-8-2-7-19(24)22(18)20/h2,7-8,15-17,27H,3-6,9-14H2,1H3/t16-,17?,23+/m1/s1. The molecule has 152 valence electrons. The highest BCUT2D eigenvalue weighted by molar-refractivity contribution is 6.37. The summed E-state index contributed by atoms with van der Waals surface area (Å²) in [6.07, 6.45) is 8.96. The monoisotopic (exact) mass is 403 g/mol. The first-order chi connectivity index (χ1) is 13.5. The molecule has 0 bridgehead atoms. The zero-order valence-electron chi connectivity index (χ0n) is 16.6. The summed E-state index contributed by atoms with van der Waals surface area (Å²) >= 11 is 6.49.